The lowest BCUT2D eigenvalue weighted by molar-refractivity contribution is 0.139. The number of aromatic amines is 1. The van der Waals surface area contributed by atoms with Gasteiger partial charge in [-0.05, 0) is 50.2 Å². The third-order valence-corrected chi connectivity index (χ3v) is 5.18. The first-order valence-electron chi connectivity index (χ1n) is 7.53. The van der Waals surface area contributed by atoms with Crippen LogP contribution in [0.1, 0.15) is 25.7 Å². The fourth-order valence-corrected chi connectivity index (χ4v) is 4.03. The summed E-state index contributed by atoms with van der Waals surface area (Å²) in [6.07, 6.45) is 6.86. The predicted octanol–water partition coefficient (Wildman–Crippen LogP) is 2.29. The van der Waals surface area contributed by atoms with Crippen LogP contribution >= 0.6 is 11.6 Å². The zero-order chi connectivity index (χ0) is 14.4. The Labute approximate surface area is 128 Å². The van der Waals surface area contributed by atoms with Crippen LogP contribution in [-0.2, 0) is 0 Å². The van der Waals surface area contributed by atoms with Crippen LogP contribution in [0.15, 0.2) is 6.33 Å². The van der Waals surface area contributed by atoms with Gasteiger partial charge in [-0.2, -0.15) is 9.97 Å². The molecule has 2 aliphatic heterocycles. The highest BCUT2D eigenvalue weighted by molar-refractivity contribution is 6.28. The molecule has 0 aliphatic carbocycles. The van der Waals surface area contributed by atoms with Crippen LogP contribution in [0.3, 0.4) is 0 Å². The lowest BCUT2D eigenvalue weighted by Crippen LogP contribution is -2.41. The molecule has 0 saturated carbocycles. The van der Waals surface area contributed by atoms with E-state index >= 15 is 0 Å². The van der Waals surface area contributed by atoms with Crippen molar-refractivity contribution in [1.29, 1.82) is 0 Å². The second-order valence-corrected chi connectivity index (χ2v) is 6.55. The Balaban J connectivity index is 1.48. The van der Waals surface area contributed by atoms with E-state index in [0.29, 0.717) is 11.6 Å². The van der Waals surface area contributed by atoms with Gasteiger partial charge in [0, 0.05) is 18.6 Å². The molecule has 2 atom stereocenters. The van der Waals surface area contributed by atoms with Crippen LogP contribution in [0.4, 0.5) is 5.82 Å². The van der Waals surface area contributed by atoms with Crippen molar-refractivity contribution < 1.29 is 0 Å². The van der Waals surface area contributed by atoms with Gasteiger partial charge in [0.2, 0.25) is 5.28 Å². The van der Waals surface area contributed by atoms with Gasteiger partial charge < -0.3 is 15.2 Å². The first-order chi connectivity index (χ1) is 10.2. The maximum Gasteiger partial charge on any atom is 0.226 e. The van der Waals surface area contributed by atoms with E-state index in [4.69, 9.17) is 11.6 Å². The molecule has 6 nitrogen and oxygen atoms in total. The van der Waals surface area contributed by atoms with Crippen molar-refractivity contribution >= 4 is 28.6 Å². The number of hydrogen-bond donors (Lipinski definition) is 2. The van der Waals surface area contributed by atoms with Crippen molar-refractivity contribution in [3.8, 4) is 0 Å². The molecule has 2 aliphatic rings. The van der Waals surface area contributed by atoms with E-state index in [-0.39, 0.29) is 5.28 Å². The average Bonchev–Trinajstić information content (AvgIpc) is 2.98. The summed E-state index contributed by atoms with van der Waals surface area (Å²) < 4.78 is 0. The molecular formula is C14H19ClN6. The normalized spacial score (nSPS) is 29.1. The zero-order valence-corrected chi connectivity index (χ0v) is 12.8. The fourth-order valence-electron chi connectivity index (χ4n) is 3.87. The number of anilines is 1. The van der Waals surface area contributed by atoms with Crippen LogP contribution in [-0.4, -0.2) is 50.5 Å². The average molecular weight is 307 g/mol. The summed E-state index contributed by atoms with van der Waals surface area (Å²) >= 11 is 5.95. The summed E-state index contributed by atoms with van der Waals surface area (Å²) in [5.74, 6) is 1.46. The Bertz CT molecular complexity index is 642. The molecule has 2 unspecified atom stereocenters. The number of halogens is 1. The first kappa shape index (κ1) is 13.3. The number of H-pyrrole nitrogens is 1. The van der Waals surface area contributed by atoms with E-state index in [1.54, 1.807) is 6.33 Å². The highest BCUT2D eigenvalue weighted by Crippen LogP contribution is 2.37. The molecule has 2 N–H and O–H groups in total. The monoisotopic (exact) mass is 306 g/mol. The number of rotatable bonds is 3. The Kier molecular flexibility index (Phi) is 3.23. The zero-order valence-electron chi connectivity index (χ0n) is 12.0. The van der Waals surface area contributed by atoms with E-state index in [2.05, 4.69) is 37.2 Å². The van der Waals surface area contributed by atoms with Crippen LogP contribution in [0.5, 0.6) is 0 Å². The SMILES string of the molecule is CN1C2CCC1CC(CNc1nc(Cl)nc3nc[nH]c13)C2. The van der Waals surface area contributed by atoms with Gasteiger partial charge >= 0.3 is 0 Å². The summed E-state index contributed by atoms with van der Waals surface area (Å²) in [5.41, 5.74) is 1.44. The maximum atomic E-state index is 5.95. The van der Waals surface area contributed by atoms with E-state index < -0.39 is 0 Å². The van der Waals surface area contributed by atoms with Crippen molar-refractivity contribution in [1.82, 2.24) is 24.8 Å². The lowest BCUT2D eigenvalue weighted by Gasteiger charge is -2.36. The number of nitrogens with one attached hydrogen (secondary N) is 2. The molecular weight excluding hydrogens is 288 g/mol. The molecule has 2 bridgehead atoms. The van der Waals surface area contributed by atoms with Gasteiger partial charge in [-0.3, -0.25) is 0 Å². The van der Waals surface area contributed by atoms with Crippen LogP contribution in [0, 0.1) is 5.92 Å². The minimum absolute atomic E-state index is 0.237. The molecule has 2 aromatic rings. The van der Waals surface area contributed by atoms with E-state index in [1.165, 1.54) is 25.7 Å². The van der Waals surface area contributed by atoms with E-state index in [1.807, 2.05) is 0 Å². The Hall–Kier alpha value is -1.40. The molecule has 4 heterocycles. The summed E-state index contributed by atoms with van der Waals surface area (Å²) in [7, 11) is 2.27. The molecule has 2 fully saturated rings. The fraction of sp³-hybridized carbons (Fsp3) is 0.643. The molecule has 2 saturated heterocycles. The van der Waals surface area contributed by atoms with Gasteiger partial charge in [0.15, 0.2) is 11.5 Å². The minimum atomic E-state index is 0.237. The molecule has 112 valence electrons. The Morgan fingerprint density at radius 3 is 2.86 bits per heavy atom. The number of aromatic nitrogens is 4. The molecule has 0 spiro atoms. The highest BCUT2D eigenvalue weighted by Gasteiger charge is 2.38. The number of hydrogen-bond acceptors (Lipinski definition) is 5. The van der Waals surface area contributed by atoms with Gasteiger partial charge in [-0.25, -0.2) is 4.98 Å². The van der Waals surface area contributed by atoms with Crippen LogP contribution in [0.2, 0.25) is 5.28 Å². The van der Waals surface area contributed by atoms with Crippen molar-refractivity contribution in [3.63, 3.8) is 0 Å². The Morgan fingerprint density at radius 2 is 2.10 bits per heavy atom. The third-order valence-electron chi connectivity index (χ3n) is 5.01. The van der Waals surface area contributed by atoms with Crippen LogP contribution < -0.4 is 5.32 Å². The standard InChI is InChI=1S/C14H19ClN6/c1-21-9-2-3-10(21)5-8(4-9)6-16-12-11-13(18-7-17-11)20-14(15)19-12/h7-10H,2-6H2,1H3,(H2,16,17,18,19,20). The topological polar surface area (TPSA) is 69.7 Å². The van der Waals surface area contributed by atoms with Crippen LogP contribution in [0.25, 0.3) is 11.2 Å². The third kappa shape index (κ3) is 2.36. The number of fused-ring (bicyclic) bond motifs is 3. The number of imidazole rings is 1. The van der Waals surface area contributed by atoms with E-state index in [9.17, 15) is 0 Å². The largest absolute Gasteiger partial charge is 0.368 e. The van der Waals surface area contributed by atoms with Crippen molar-refractivity contribution in [2.45, 2.75) is 37.8 Å². The highest BCUT2D eigenvalue weighted by atomic mass is 35.5. The molecule has 0 radical (unpaired) electrons. The summed E-state index contributed by atoms with van der Waals surface area (Å²) in [6, 6.07) is 1.52. The lowest BCUT2D eigenvalue weighted by atomic mass is 9.91. The second-order valence-electron chi connectivity index (χ2n) is 6.21. The molecule has 21 heavy (non-hydrogen) atoms. The maximum absolute atomic E-state index is 5.95. The van der Waals surface area contributed by atoms with Gasteiger partial charge in [-0.15, -0.1) is 0 Å². The van der Waals surface area contributed by atoms with Gasteiger partial charge in [0.05, 0.1) is 6.33 Å². The van der Waals surface area contributed by atoms with E-state index in [0.717, 1.165) is 30.0 Å². The minimum Gasteiger partial charge on any atom is -0.368 e. The van der Waals surface area contributed by atoms with Crippen molar-refractivity contribution in [2.24, 2.45) is 5.92 Å². The van der Waals surface area contributed by atoms with Gasteiger partial charge in [-0.1, -0.05) is 0 Å². The van der Waals surface area contributed by atoms with Crippen molar-refractivity contribution in [3.05, 3.63) is 11.6 Å². The smallest absolute Gasteiger partial charge is 0.226 e. The van der Waals surface area contributed by atoms with Gasteiger partial charge in [0.25, 0.3) is 0 Å². The number of piperidine rings is 1. The first-order valence-corrected chi connectivity index (χ1v) is 7.91. The molecule has 2 aromatic heterocycles. The summed E-state index contributed by atoms with van der Waals surface area (Å²) in [4.78, 5) is 18.2. The predicted molar refractivity (Wildman–Crippen MR) is 82.5 cm³/mol. The second kappa shape index (κ2) is 5.10. The Morgan fingerprint density at radius 1 is 1.33 bits per heavy atom. The number of nitrogens with zero attached hydrogens (tertiary/aromatic N) is 4. The molecule has 0 amide bonds. The summed E-state index contributed by atoms with van der Waals surface area (Å²) in [6.45, 7) is 0.933. The summed E-state index contributed by atoms with van der Waals surface area (Å²) in [5, 5.41) is 3.68. The quantitative estimate of drug-likeness (QED) is 0.852. The van der Waals surface area contributed by atoms with Crippen molar-refractivity contribution in [2.75, 3.05) is 18.9 Å². The van der Waals surface area contributed by atoms with Gasteiger partial charge in [0.1, 0.15) is 5.52 Å². The molecule has 4 rings (SSSR count). The molecule has 7 heteroatoms. The molecule has 0 aromatic carbocycles.